The summed E-state index contributed by atoms with van der Waals surface area (Å²) in [6.45, 7) is 3.41. The van der Waals surface area contributed by atoms with Gasteiger partial charge in [-0.2, -0.15) is 11.8 Å². The topological polar surface area (TPSA) is 45.2 Å². The van der Waals surface area contributed by atoms with Gasteiger partial charge in [-0.05, 0) is 61.3 Å². The third kappa shape index (κ3) is 5.54. The standard InChI is InChI=1S/C20H24FN3OS/c21-18-5-3-16(4-6-18)20(17-7-9-22-10-8-17)23-19(25)15-26-14-13-24-11-1-2-12-24/h3-10,20H,1-2,11-15H2,(H,23,25). The van der Waals surface area contributed by atoms with Crippen LogP contribution in [0.1, 0.15) is 30.0 Å². The molecule has 0 spiro atoms. The van der Waals surface area contributed by atoms with Crippen LogP contribution in [-0.4, -0.2) is 46.9 Å². The molecule has 138 valence electrons. The molecule has 2 heterocycles. The highest BCUT2D eigenvalue weighted by molar-refractivity contribution is 7.99. The third-order valence-corrected chi connectivity index (χ3v) is 5.47. The van der Waals surface area contributed by atoms with Crippen molar-refractivity contribution < 1.29 is 9.18 Å². The molecule has 0 aliphatic carbocycles. The maximum atomic E-state index is 13.2. The fourth-order valence-corrected chi connectivity index (χ4v) is 3.94. The van der Waals surface area contributed by atoms with Crippen LogP contribution in [0.5, 0.6) is 0 Å². The number of thioether (sulfide) groups is 1. The van der Waals surface area contributed by atoms with E-state index in [2.05, 4.69) is 15.2 Å². The van der Waals surface area contributed by atoms with E-state index < -0.39 is 0 Å². The fourth-order valence-electron chi connectivity index (χ4n) is 3.14. The van der Waals surface area contributed by atoms with Gasteiger partial charge in [0.15, 0.2) is 0 Å². The van der Waals surface area contributed by atoms with Gasteiger partial charge in [0.05, 0.1) is 11.8 Å². The number of likely N-dealkylation sites (tertiary alicyclic amines) is 1. The average molecular weight is 373 g/mol. The molecule has 0 radical (unpaired) electrons. The number of nitrogens with zero attached hydrogens (tertiary/aromatic N) is 2. The van der Waals surface area contributed by atoms with Crippen LogP contribution in [0.25, 0.3) is 0 Å². The molecule has 1 aliphatic heterocycles. The number of amides is 1. The Labute approximate surface area is 158 Å². The van der Waals surface area contributed by atoms with Gasteiger partial charge in [0.2, 0.25) is 5.91 Å². The first-order valence-electron chi connectivity index (χ1n) is 8.97. The van der Waals surface area contributed by atoms with Crippen LogP contribution < -0.4 is 5.32 Å². The molecule has 2 aromatic rings. The van der Waals surface area contributed by atoms with Crippen molar-refractivity contribution in [2.45, 2.75) is 18.9 Å². The van der Waals surface area contributed by atoms with Gasteiger partial charge in [-0.15, -0.1) is 0 Å². The predicted molar refractivity (Wildman–Crippen MR) is 104 cm³/mol. The maximum absolute atomic E-state index is 13.2. The van der Waals surface area contributed by atoms with Gasteiger partial charge in [-0.25, -0.2) is 4.39 Å². The summed E-state index contributed by atoms with van der Waals surface area (Å²) in [5.41, 5.74) is 1.79. The molecule has 3 rings (SSSR count). The van der Waals surface area contributed by atoms with Gasteiger partial charge in [0.25, 0.3) is 0 Å². The lowest BCUT2D eigenvalue weighted by atomic mass is 9.99. The highest BCUT2D eigenvalue weighted by Gasteiger charge is 2.17. The van der Waals surface area contributed by atoms with Crippen molar-refractivity contribution in [3.8, 4) is 0 Å². The van der Waals surface area contributed by atoms with Crippen LogP contribution in [0.3, 0.4) is 0 Å². The Bertz CT molecular complexity index is 690. The van der Waals surface area contributed by atoms with Crippen LogP contribution in [0.4, 0.5) is 4.39 Å². The van der Waals surface area contributed by atoms with Crippen molar-refractivity contribution >= 4 is 17.7 Å². The highest BCUT2D eigenvalue weighted by Crippen LogP contribution is 2.22. The van der Waals surface area contributed by atoms with Gasteiger partial charge < -0.3 is 10.2 Å². The summed E-state index contributed by atoms with van der Waals surface area (Å²) < 4.78 is 13.2. The number of nitrogens with one attached hydrogen (secondary N) is 1. The lowest BCUT2D eigenvalue weighted by Gasteiger charge is -2.20. The molecule has 6 heteroatoms. The van der Waals surface area contributed by atoms with Gasteiger partial charge >= 0.3 is 0 Å². The van der Waals surface area contributed by atoms with E-state index in [4.69, 9.17) is 0 Å². The Morgan fingerprint density at radius 1 is 1.12 bits per heavy atom. The molecule has 0 bridgehead atoms. The first-order valence-corrected chi connectivity index (χ1v) is 10.1. The van der Waals surface area contributed by atoms with Gasteiger partial charge in [0.1, 0.15) is 5.82 Å². The van der Waals surface area contributed by atoms with E-state index in [1.165, 1.54) is 38.1 Å². The van der Waals surface area contributed by atoms with Crippen molar-refractivity contribution in [3.63, 3.8) is 0 Å². The molecule has 26 heavy (non-hydrogen) atoms. The zero-order chi connectivity index (χ0) is 18.2. The second kappa shape index (κ2) is 9.69. The normalized spacial score (nSPS) is 15.7. The number of halogens is 1. The van der Waals surface area contributed by atoms with Crippen LogP contribution in [0.2, 0.25) is 0 Å². The molecule has 1 aromatic heterocycles. The Morgan fingerprint density at radius 2 is 1.77 bits per heavy atom. The number of carbonyl (C=O) groups is 1. The SMILES string of the molecule is O=C(CSCCN1CCCC1)NC(c1ccncc1)c1ccc(F)cc1. The molecular weight excluding hydrogens is 349 g/mol. The Kier molecular flexibility index (Phi) is 7.03. The van der Waals surface area contributed by atoms with E-state index in [1.54, 1.807) is 36.3 Å². The molecule has 1 unspecified atom stereocenters. The largest absolute Gasteiger partial charge is 0.344 e. The second-order valence-corrected chi connectivity index (χ2v) is 7.54. The van der Waals surface area contributed by atoms with Crippen LogP contribution in [-0.2, 0) is 4.79 Å². The highest BCUT2D eigenvalue weighted by atomic mass is 32.2. The number of rotatable bonds is 8. The first kappa shape index (κ1) is 18.9. The summed E-state index contributed by atoms with van der Waals surface area (Å²) in [4.78, 5) is 18.9. The summed E-state index contributed by atoms with van der Waals surface area (Å²) in [6.07, 6.45) is 5.97. The number of aromatic nitrogens is 1. The minimum absolute atomic E-state index is 0.0115. The molecule has 1 atom stereocenters. The number of benzene rings is 1. The lowest BCUT2D eigenvalue weighted by molar-refractivity contribution is -0.119. The molecule has 4 nitrogen and oxygen atoms in total. The summed E-state index contributed by atoms with van der Waals surface area (Å²) in [5.74, 6) is 1.09. The number of pyridine rings is 1. The van der Waals surface area contributed by atoms with E-state index in [9.17, 15) is 9.18 Å². The predicted octanol–water partition coefficient (Wildman–Crippen LogP) is 3.26. The lowest BCUT2D eigenvalue weighted by Crippen LogP contribution is -2.31. The molecule has 1 aliphatic rings. The smallest absolute Gasteiger partial charge is 0.230 e. The van der Waals surface area contributed by atoms with Crippen LogP contribution in [0, 0.1) is 5.82 Å². The zero-order valence-electron chi connectivity index (χ0n) is 14.7. The minimum Gasteiger partial charge on any atom is -0.344 e. The summed E-state index contributed by atoms with van der Waals surface area (Å²) in [7, 11) is 0. The fraction of sp³-hybridized carbons (Fsp3) is 0.400. The molecule has 1 amide bonds. The van der Waals surface area contributed by atoms with Crippen molar-refractivity contribution in [2.75, 3.05) is 31.1 Å². The van der Waals surface area contributed by atoms with Crippen molar-refractivity contribution in [1.29, 1.82) is 0 Å². The third-order valence-electron chi connectivity index (χ3n) is 4.53. The number of hydrogen-bond acceptors (Lipinski definition) is 4. The van der Waals surface area contributed by atoms with Gasteiger partial charge in [-0.1, -0.05) is 12.1 Å². The Morgan fingerprint density at radius 3 is 2.46 bits per heavy atom. The van der Waals surface area contributed by atoms with Crippen molar-refractivity contribution in [3.05, 3.63) is 65.7 Å². The maximum Gasteiger partial charge on any atom is 0.230 e. The van der Waals surface area contributed by atoms with Gasteiger partial charge in [0, 0.05) is 24.7 Å². The quantitative estimate of drug-likeness (QED) is 0.722. The van der Waals surface area contributed by atoms with E-state index in [1.807, 2.05) is 12.1 Å². The van der Waals surface area contributed by atoms with Crippen LogP contribution >= 0.6 is 11.8 Å². The Balaban J connectivity index is 1.56. The molecule has 1 N–H and O–H groups in total. The van der Waals surface area contributed by atoms with Crippen molar-refractivity contribution in [1.82, 2.24) is 15.2 Å². The average Bonchev–Trinajstić information content (AvgIpc) is 3.18. The molecule has 1 saturated heterocycles. The minimum atomic E-state index is -0.301. The number of hydrogen-bond donors (Lipinski definition) is 1. The summed E-state index contributed by atoms with van der Waals surface area (Å²) in [5, 5.41) is 3.07. The van der Waals surface area contributed by atoms with Crippen molar-refractivity contribution in [2.24, 2.45) is 0 Å². The second-order valence-electron chi connectivity index (χ2n) is 6.43. The molecule has 1 fully saturated rings. The molecule has 0 saturated carbocycles. The molecule has 1 aromatic carbocycles. The van der Waals surface area contributed by atoms with E-state index >= 15 is 0 Å². The van der Waals surface area contributed by atoms with E-state index in [-0.39, 0.29) is 17.8 Å². The van der Waals surface area contributed by atoms with E-state index in [0.717, 1.165) is 23.4 Å². The first-order chi connectivity index (χ1) is 12.7. The van der Waals surface area contributed by atoms with E-state index in [0.29, 0.717) is 5.75 Å². The molecular formula is C20H24FN3OS. The zero-order valence-corrected chi connectivity index (χ0v) is 15.6. The van der Waals surface area contributed by atoms with Crippen LogP contribution in [0.15, 0.2) is 48.8 Å². The monoisotopic (exact) mass is 373 g/mol. The summed E-state index contributed by atoms with van der Waals surface area (Å²) in [6, 6.07) is 9.69. The Hall–Kier alpha value is -1.92. The van der Waals surface area contributed by atoms with Gasteiger partial charge in [-0.3, -0.25) is 9.78 Å². The summed E-state index contributed by atoms with van der Waals surface area (Å²) >= 11 is 1.66. The number of carbonyl (C=O) groups excluding carboxylic acids is 1.